The van der Waals surface area contributed by atoms with E-state index in [0.29, 0.717) is 29.7 Å². The van der Waals surface area contributed by atoms with E-state index in [1.54, 1.807) is 32.3 Å². The fourth-order valence-corrected chi connectivity index (χ4v) is 3.26. The number of benzene rings is 1. The number of sulfonamides is 1. The first-order valence-corrected chi connectivity index (χ1v) is 8.30. The van der Waals surface area contributed by atoms with Gasteiger partial charge >= 0.3 is 0 Å². The molecule has 0 heterocycles. The van der Waals surface area contributed by atoms with Gasteiger partial charge in [-0.05, 0) is 30.9 Å². The molecule has 2 rings (SSSR count). The van der Waals surface area contributed by atoms with Crippen LogP contribution in [0.15, 0.2) is 29.2 Å². The molecular weight excluding hydrogens is 276 g/mol. The van der Waals surface area contributed by atoms with Crippen molar-refractivity contribution in [2.45, 2.75) is 17.7 Å². The Kier molecular flexibility index (Phi) is 5.01. The summed E-state index contributed by atoms with van der Waals surface area (Å²) in [6, 6.07) is 6.90. The zero-order chi connectivity index (χ0) is 14.6. The first kappa shape index (κ1) is 15.3. The van der Waals surface area contributed by atoms with E-state index in [4.69, 9.17) is 4.74 Å². The second-order valence-corrected chi connectivity index (χ2v) is 7.10. The molecule has 0 radical (unpaired) electrons. The molecule has 1 aromatic rings. The highest BCUT2D eigenvalue weighted by molar-refractivity contribution is 7.89. The lowest BCUT2D eigenvalue weighted by Crippen LogP contribution is -2.31. The van der Waals surface area contributed by atoms with Crippen LogP contribution in [0.25, 0.3) is 0 Å². The van der Waals surface area contributed by atoms with Crippen molar-refractivity contribution >= 4 is 15.7 Å². The highest BCUT2D eigenvalue weighted by atomic mass is 32.2. The first-order valence-electron chi connectivity index (χ1n) is 6.86. The molecule has 1 fully saturated rings. The average Bonchev–Trinajstić information content (AvgIpc) is 3.27. The van der Waals surface area contributed by atoms with E-state index in [2.05, 4.69) is 5.32 Å². The third kappa shape index (κ3) is 3.71. The summed E-state index contributed by atoms with van der Waals surface area (Å²) in [5.41, 5.74) is 0.609. The van der Waals surface area contributed by atoms with Crippen molar-refractivity contribution in [3.63, 3.8) is 0 Å². The first-order chi connectivity index (χ1) is 9.55. The van der Waals surface area contributed by atoms with Crippen LogP contribution >= 0.6 is 0 Å². The predicted octanol–water partition coefficient (Wildman–Crippen LogP) is 1.78. The van der Waals surface area contributed by atoms with Gasteiger partial charge in [-0.3, -0.25) is 0 Å². The highest BCUT2D eigenvalue weighted by Crippen LogP contribution is 2.28. The lowest BCUT2D eigenvalue weighted by Gasteiger charge is -2.19. The molecule has 1 aliphatic carbocycles. The van der Waals surface area contributed by atoms with Crippen molar-refractivity contribution in [2.24, 2.45) is 5.92 Å². The number of ether oxygens (including phenoxy) is 1. The molecule has 0 unspecified atom stereocenters. The zero-order valence-electron chi connectivity index (χ0n) is 12.0. The van der Waals surface area contributed by atoms with Crippen LogP contribution < -0.4 is 5.32 Å². The minimum Gasteiger partial charge on any atom is -0.387 e. The van der Waals surface area contributed by atoms with Gasteiger partial charge in [-0.25, -0.2) is 8.42 Å². The van der Waals surface area contributed by atoms with E-state index in [1.807, 2.05) is 6.07 Å². The maximum atomic E-state index is 12.5. The zero-order valence-corrected chi connectivity index (χ0v) is 12.8. The number of rotatable bonds is 8. The van der Waals surface area contributed by atoms with E-state index in [-0.39, 0.29) is 0 Å². The third-order valence-corrected chi connectivity index (χ3v) is 5.36. The van der Waals surface area contributed by atoms with Crippen molar-refractivity contribution in [3.8, 4) is 0 Å². The average molecular weight is 298 g/mol. The molecule has 20 heavy (non-hydrogen) atoms. The number of para-hydroxylation sites is 1. The SMILES string of the molecule is CNc1ccccc1S(=O)(=O)N(C)CCOCC1CC1. The van der Waals surface area contributed by atoms with Gasteiger partial charge in [0.15, 0.2) is 0 Å². The summed E-state index contributed by atoms with van der Waals surface area (Å²) < 4.78 is 31.8. The number of nitrogens with zero attached hydrogens (tertiary/aromatic N) is 1. The number of anilines is 1. The summed E-state index contributed by atoms with van der Waals surface area (Å²) in [6.07, 6.45) is 2.48. The van der Waals surface area contributed by atoms with Gasteiger partial charge < -0.3 is 10.1 Å². The summed E-state index contributed by atoms with van der Waals surface area (Å²) in [4.78, 5) is 0.298. The smallest absolute Gasteiger partial charge is 0.244 e. The Hall–Kier alpha value is -1.11. The van der Waals surface area contributed by atoms with E-state index in [0.717, 1.165) is 6.61 Å². The summed E-state index contributed by atoms with van der Waals surface area (Å²) in [7, 11) is -0.175. The monoisotopic (exact) mass is 298 g/mol. The van der Waals surface area contributed by atoms with Gasteiger partial charge in [0.05, 0.1) is 12.3 Å². The van der Waals surface area contributed by atoms with Crippen LogP contribution in [0.2, 0.25) is 0 Å². The fourth-order valence-electron chi connectivity index (χ4n) is 1.91. The molecule has 0 amide bonds. The second kappa shape index (κ2) is 6.56. The van der Waals surface area contributed by atoms with Gasteiger partial charge in [-0.15, -0.1) is 0 Å². The van der Waals surface area contributed by atoms with Gasteiger partial charge in [0, 0.05) is 27.2 Å². The van der Waals surface area contributed by atoms with E-state index < -0.39 is 10.0 Å². The Morgan fingerprint density at radius 2 is 2.05 bits per heavy atom. The molecule has 1 N–H and O–H groups in total. The van der Waals surface area contributed by atoms with Crippen LogP contribution in [-0.2, 0) is 14.8 Å². The quantitative estimate of drug-likeness (QED) is 0.743. The van der Waals surface area contributed by atoms with Crippen LogP contribution in [0.5, 0.6) is 0 Å². The van der Waals surface area contributed by atoms with E-state index in [9.17, 15) is 8.42 Å². The summed E-state index contributed by atoms with van der Waals surface area (Å²) in [6.45, 7) is 1.56. The molecule has 0 saturated heterocycles. The molecule has 1 saturated carbocycles. The molecule has 1 aliphatic rings. The largest absolute Gasteiger partial charge is 0.387 e. The molecule has 0 bridgehead atoms. The number of hydrogen-bond donors (Lipinski definition) is 1. The Morgan fingerprint density at radius 3 is 2.70 bits per heavy atom. The van der Waals surface area contributed by atoms with Crippen molar-refractivity contribution in [1.82, 2.24) is 4.31 Å². The molecular formula is C14H22N2O3S. The number of likely N-dealkylation sites (N-methyl/N-ethyl adjacent to an activating group) is 1. The lowest BCUT2D eigenvalue weighted by molar-refractivity contribution is 0.117. The van der Waals surface area contributed by atoms with Gasteiger partial charge in [0.2, 0.25) is 10.0 Å². The number of nitrogens with one attached hydrogen (secondary N) is 1. The summed E-state index contributed by atoms with van der Waals surface area (Å²) in [5.74, 6) is 0.696. The second-order valence-electron chi connectivity index (χ2n) is 5.09. The van der Waals surface area contributed by atoms with Crippen LogP contribution in [0.4, 0.5) is 5.69 Å². The standard InChI is InChI=1S/C14H22N2O3S/c1-15-13-5-3-4-6-14(13)20(17,18)16(2)9-10-19-11-12-7-8-12/h3-6,12,15H,7-11H2,1-2H3. The van der Waals surface area contributed by atoms with Crippen LogP contribution in [-0.4, -0.2) is 46.6 Å². The molecule has 0 atom stereocenters. The predicted molar refractivity (Wildman–Crippen MR) is 79.3 cm³/mol. The molecule has 1 aromatic carbocycles. The molecule has 0 spiro atoms. The normalized spacial score (nSPS) is 15.6. The minimum absolute atomic E-state index is 0.298. The van der Waals surface area contributed by atoms with Crippen LogP contribution in [0, 0.1) is 5.92 Å². The highest BCUT2D eigenvalue weighted by Gasteiger charge is 2.24. The minimum atomic E-state index is -3.48. The molecule has 6 heteroatoms. The van der Waals surface area contributed by atoms with Gasteiger partial charge in [-0.1, -0.05) is 12.1 Å². The topological polar surface area (TPSA) is 58.6 Å². The van der Waals surface area contributed by atoms with Crippen molar-refractivity contribution in [3.05, 3.63) is 24.3 Å². The summed E-state index contributed by atoms with van der Waals surface area (Å²) in [5, 5.41) is 2.91. The Balaban J connectivity index is 1.96. The van der Waals surface area contributed by atoms with Crippen molar-refractivity contribution in [2.75, 3.05) is 39.2 Å². The van der Waals surface area contributed by atoms with E-state index >= 15 is 0 Å². The Labute approximate surface area is 121 Å². The maximum absolute atomic E-state index is 12.5. The lowest BCUT2D eigenvalue weighted by atomic mass is 10.3. The number of hydrogen-bond acceptors (Lipinski definition) is 4. The van der Waals surface area contributed by atoms with Gasteiger partial charge in [0.25, 0.3) is 0 Å². The van der Waals surface area contributed by atoms with Crippen LogP contribution in [0.1, 0.15) is 12.8 Å². The van der Waals surface area contributed by atoms with Crippen molar-refractivity contribution < 1.29 is 13.2 Å². The maximum Gasteiger partial charge on any atom is 0.244 e. The van der Waals surface area contributed by atoms with Crippen LogP contribution in [0.3, 0.4) is 0 Å². The Bertz CT molecular complexity index is 541. The molecule has 0 aliphatic heterocycles. The molecule has 112 valence electrons. The summed E-state index contributed by atoms with van der Waals surface area (Å²) >= 11 is 0. The van der Waals surface area contributed by atoms with Crippen molar-refractivity contribution in [1.29, 1.82) is 0 Å². The van der Waals surface area contributed by atoms with Gasteiger partial charge in [-0.2, -0.15) is 4.31 Å². The fraction of sp³-hybridized carbons (Fsp3) is 0.571. The third-order valence-electron chi connectivity index (χ3n) is 3.45. The molecule has 0 aromatic heterocycles. The molecule has 5 nitrogen and oxygen atoms in total. The van der Waals surface area contributed by atoms with E-state index in [1.165, 1.54) is 17.1 Å². The van der Waals surface area contributed by atoms with Gasteiger partial charge in [0.1, 0.15) is 4.90 Å². The Morgan fingerprint density at radius 1 is 1.35 bits per heavy atom.